The standard InChI is InChI=1S/C12H22N2O3/c1-4-12(2,10(15)16)13-11(17)14(3)9-7-5-6-8-9/h9H,4-8H2,1-3H3,(H,13,17)(H,15,16). The van der Waals surface area contributed by atoms with Crippen molar-refractivity contribution < 1.29 is 14.7 Å². The Morgan fingerprint density at radius 2 is 1.94 bits per heavy atom. The molecule has 98 valence electrons. The topological polar surface area (TPSA) is 69.6 Å². The highest BCUT2D eigenvalue weighted by molar-refractivity contribution is 5.85. The fraction of sp³-hybridized carbons (Fsp3) is 0.833. The Balaban J connectivity index is 2.60. The normalized spacial score (nSPS) is 19.7. The highest BCUT2D eigenvalue weighted by atomic mass is 16.4. The lowest BCUT2D eigenvalue weighted by Crippen LogP contribution is -2.56. The Labute approximate surface area is 102 Å². The maximum Gasteiger partial charge on any atom is 0.329 e. The molecular formula is C12H22N2O3. The maximum atomic E-state index is 12.0. The summed E-state index contributed by atoms with van der Waals surface area (Å²) in [5.74, 6) is -0.992. The first-order valence-electron chi connectivity index (χ1n) is 6.19. The van der Waals surface area contributed by atoms with Crippen molar-refractivity contribution in [2.75, 3.05) is 7.05 Å². The molecule has 0 aromatic rings. The molecule has 1 fully saturated rings. The molecule has 0 aromatic heterocycles. The summed E-state index contributed by atoms with van der Waals surface area (Å²) < 4.78 is 0. The van der Waals surface area contributed by atoms with Gasteiger partial charge in [-0.15, -0.1) is 0 Å². The van der Waals surface area contributed by atoms with Crippen LogP contribution in [0.4, 0.5) is 4.79 Å². The minimum Gasteiger partial charge on any atom is -0.480 e. The van der Waals surface area contributed by atoms with Crippen molar-refractivity contribution in [2.45, 2.75) is 57.5 Å². The summed E-state index contributed by atoms with van der Waals surface area (Å²) in [5.41, 5.74) is -1.18. The third-order valence-corrected chi connectivity index (χ3v) is 3.75. The molecule has 1 atom stereocenters. The average Bonchev–Trinajstić information content (AvgIpc) is 2.80. The number of hydrogen-bond acceptors (Lipinski definition) is 2. The number of rotatable bonds is 4. The number of aliphatic carboxylic acids is 1. The molecular weight excluding hydrogens is 220 g/mol. The second-order valence-electron chi connectivity index (χ2n) is 4.97. The maximum absolute atomic E-state index is 12.0. The van der Waals surface area contributed by atoms with Gasteiger partial charge in [-0.1, -0.05) is 19.8 Å². The number of nitrogens with zero attached hydrogens (tertiary/aromatic N) is 1. The molecule has 1 unspecified atom stereocenters. The van der Waals surface area contributed by atoms with Gasteiger partial charge in [-0.25, -0.2) is 9.59 Å². The quantitative estimate of drug-likeness (QED) is 0.790. The average molecular weight is 242 g/mol. The Bertz CT molecular complexity index is 300. The fourth-order valence-electron chi connectivity index (χ4n) is 2.07. The van der Waals surface area contributed by atoms with E-state index in [1.54, 1.807) is 18.9 Å². The van der Waals surface area contributed by atoms with E-state index >= 15 is 0 Å². The summed E-state index contributed by atoms with van der Waals surface area (Å²) in [6.07, 6.45) is 4.69. The number of carboxylic acid groups (broad SMARTS) is 1. The third kappa shape index (κ3) is 3.11. The summed E-state index contributed by atoms with van der Waals surface area (Å²) in [7, 11) is 1.74. The zero-order valence-corrected chi connectivity index (χ0v) is 10.8. The molecule has 5 nitrogen and oxygen atoms in total. The van der Waals surface area contributed by atoms with Gasteiger partial charge in [0.1, 0.15) is 5.54 Å². The molecule has 0 bridgehead atoms. The largest absolute Gasteiger partial charge is 0.480 e. The van der Waals surface area contributed by atoms with Gasteiger partial charge in [-0.05, 0) is 26.2 Å². The lowest BCUT2D eigenvalue weighted by Gasteiger charge is -2.30. The molecule has 0 saturated heterocycles. The van der Waals surface area contributed by atoms with E-state index in [2.05, 4.69) is 5.32 Å². The van der Waals surface area contributed by atoms with E-state index in [1.165, 1.54) is 6.92 Å². The Morgan fingerprint density at radius 3 is 2.35 bits per heavy atom. The van der Waals surface area contributed by atoms with Crippen LogP contribution in [0.25, 0.3) is 0 Å². The van der Waals surface area contributed by atoms with Crippen LogP contribution in [0.3, 0.4) is 0 Å². The van der Waals surface area contributed by atoms with Crippen LogP contribution in [-0.2, 0) is 4.79 Å². The van der Waals surface area contributed by atoms with E-state index < -0.39 is 11.5 Å². The molecule has 1 saturated carbocycles. The van der Waals surface area contributed by atoms with Gasteiger partial charge in [0.15, 0.2) is 0 Å². The lowest BCUT2D eigenvalue weighted by atomic mass is 9.99. The summed E-state index contributed by atoms with van der Waals surface area (Å²) in [4.78, 5) is 24.7. The van der Waals surface area contributed by atoms with E-state index in [0.29, 0.717) is 6.42 Å². The van der Waals surface area contributed by atoms with Gasteiger partial charge in [0.2, 0.25) is 0 Å². The first kappa shape index (κ1) is 13.8. The zero-order chi connectivity index (χ0) is 13.1. The van der Waals surface area contributed by atoms with Crippen LogP contribution >= 0.6 is 0 Å². The minimum absolute atomic E-state index is 0.255. The molecule has 0 aromatic carbocycles. The number of amides is 2. The van der Waals surface area contributed by atoms with E-state index in [1.807, 2.05) is 0 Å². The number of carbonyl (C=O) groups excluding carboxylic acids is 1. The summed E-state index contributed by atoms with van der Waals surface area (Å²) in [6, 6.07) is -0.0337. The van der Waals surface area contributed by atoms with Crippen molar-refractivity contribution in [2.24, 2.45) is 0 Å². The Kier molecular flexibility index (Phi) is 4.37. The molecule has 0 radical (unpaired) electrons. The van der Waals surface area contributed by atoms with Crippen molar-refractivity contribution in [3.05, 3.63) is 0 Å². The summed E-state index contributed by atoms with van der Waals surface area (Å²) >= 11 is 0. The first-order chi connectivity index (χ1) is 7.90. The SMILES string of the molecule is CCC(C)(NC(=O)N(C)C1CCCC1)C(=O)O. The van der Waals surface area contributed by atoms with Crippen LogP contribution in [0.5, 0.6) is 0 Å². The third-order valence-electron chi connectivity index (χ3n) is 3.75. The fourth-order valence-corrected chi connectivity index (χ4v) is 2.07. The molecule has 0 heterocycles. The van der Waals surface area contributed by atoms with E-state index in [9.17, 15) is 9.59 Å². The van der Waals surface area contributed by atoms with Crippen molar-refractivity contribution in [3.8, 4) is 0 Å². The van der Waals surface area contributed by atoms with E-state index in [0.717, 1.165) is 25.7 Å². The van der Waals surface area contributed by atoms with Crippen molar-refractivity contribution in [1.82, 2.24) is 10.2 Å². The highest BCUT2D eigenvalue weighted by Gasteiger charge is 2.35. The number of nitrogens with one attached hydrogen (secondary N) is 1. The van der Waals surface area contributed by atoms with Crippen LogP contribution < -0.4 is 5.32 Å². The molecule has 1 aliphatic rings. The first-order valence-corrected chi connectivity index (χ1v) is 6.19. The van der Waals surface area contributed by atoms with Crippen LogP contribution in [0, 0.1) is 0 Å². The Morgan fingerprint density at radius 1 is 1.41 bits per heavy atom. The lowest BCUT2D eigenvalue weighted by molar-refractivity contribution is -0.143. The van der Waals surface area contributed by atoms with Gasteiger partial charge in [-0.2, -0.15) is 0 Å². The van der Waals surface area contributed by atoms with Gasteiger partial charge >= 0.3 is 12.0 Å². The van der Waals surface area contributed by atoms with Crippen molar-refractivity contribution in [1.29, 1.82) is 0 Å². The van der Waals surface area contributed by atoms with Crippen LogP contribution in [0.1, 0.15) is 46.0 Å². The molecule has 0 spiro atoms. The van der Waals surface area contributed by atoms with Gasteiger partial charge in [0, 0.05) is 13.1 Å². The van der Waals surface area contributed by atoms with Crippen molar-refractivity contribution >= 4 is 12.0 Å². The molecule has 5 heteroatoms. The van der Waals surface area contributed by atoms with Crippen LogP contribution in [0.15, 0.2) is 0 Å². The predicted molar refractivity (Wildman–Crippen MR) is 64.9 cm³/mol. The second kappa shape index (κ2) is 5.38. The molecule has 0 aliphatic heterocycles. The molecule has 1 aliphatic carbocycles. The summed E-state index contributed by atoms with van der Waals surface area (Å²) in [6.45, 7) is 3.29. The van der Waals surface area contributed by atoms with Crippen LogP contribution in [0.2, 0.25) is 0 Å². The number of hydrogen-bond donors (Lipinski definition) is 2. The van der Waals surface area contributed by atoms with E-state index in [-0.39, 0.29) is 12.1 Å². The van der Waals surface area contributed by atoms with Crippen LogP contribution in [-0.4, -0.2) is 40.6 Å². The molecule has 2 N–H and O–H groups in total. The van der Waals surface area contributed by atoms with Gasteiger partial charge in [0.25, 0.3) is 0 Å². The highest BCUT2D eigenvalue weighted by Crippen LogP contribution is 2.22. The van der Waals surface area contributed by atoms with Gasteiger partial charge < -0.3 is 15.3 Å². The second-order valence-corrected chi connectivity index (χ2v) is 4.97. The molecule has 1 rings (SSSR count). The monoisotopic (exact) mass is 242 g/mol. The smallest absolute Gasteiger partial charge is 0.329 e. The number of urea groups is 1. The predicted octanol–water partition coefficient (Wildman–Crippen LogP) is 1.82. The Hall–Kier alpha value is -1.26. The van der Waals surface area contributed by atoms with Gasteiger partial charge in [0.05, 0.1) is 0 Å². The van der Waals surface area contributed by atoms with Crippen molar-refractivity contribution in [3.63, 3.8) is 0 Å². The number of carbonyl (C=O) groups is 2. The summed E-state index contributed by atoms with van der Waals surface area (Å²) in [5, 5.41) is 11.7. The number of carboxylic acids is 1. The zero-order valence-electron chi connectivity index (χ0n) is 10.8. The molecule has 2 amide bonds. The minimum atomic E-state index is -1.18. The van der Waals surface area contributed by atoms with E-state index in [4.69, 9.17) is 5.11 Å². The molecule has 17 heavy (non-hydrogen) atoms. The van der Waals surface area contributed by atoms with Gasteiger partial charge in [-0.3, -0.25) is 0 Å².